The number of amides is 1. The topological polar surface area (TPSA) is 83.8 Å². The molecule has 0 saturated carbocycles. The minimum Gasteiger partial charge on any atom is -0.444 e. The van der Waals surface area contributed by atoms with Crippen LogP contribution in [0.3, 0.4) is 0 Å². The van der Waals surface area contributed by atoms with E-state index < -0.39 is 5.60 Å². The maximum Gasteiger partial charge on any atom is 0.410 e. The van der Waals surface area contributed by atoms with Gasteiger partial charge in [-0.05, 0) is 65.9 Å². The van der Waals surface area contributed by atoms with Crippen LogP contribution in [0, 0.1) is 19.8 Å². The molecule has 0 unspecified atom stereocenters. The van der Waals surface area contributed by atoms with Crippen molar-refractivity contribution in [2.45, 2.75) is 66.0 Å². The highest BCUT2D eigenvalue weighted by molar-refractivity contribution is 14.0. The van der Waals surface area contributed by atoms with Crippen molar-refractivity contribution >= 4 is 36.0 Å². The van der Waals surface area contributed by atoms with Crippen LogP contribution in [0.4, 0.5) is 4.79 Å². The summed E-state index contributed by atoms with van der Waals surface area (Å²) in [5.41, 5.74) is 1.82. The number of likely N-dealkylation sites (tertiary alicyclic amines) is 1. The van der Waals surface area contributed by atoms with E-state index in [0.717, 1.165) is 63.6 Å². The zero-order valence-corrected chi connectivity index (χ0v) is 21.7. The summed E-state index contributed by atoms with van der Waals surface area (Å²) in [7, 11) is 1.79. The second-order valence-electron chi connectivity index (χ2n) is 8.79. The van der Waals surface area contributed by atoms with Gasteiger partial charge in [0.1, 0.15) is 5.60 Å². The number of nitrogens with one attached hydrogen (secondary N) is 2. The lowest BCUT2D eigenvalue weighted by atomic mass is 9.97. The van der Waals surface area contributed by atoms with Gasteiger partial charge in [0.15, 0.2) is 5.96 Å². The minimum atomic E-state index is -0.442. The van der Waals surface area contributed by atoms with Gasteiger partial charge in [0, 0.05) is 45.5 Å². The highest BCUT2D eigenvalue weighted by Crippen LogP contribution is 2.19. The number of hydrogen-bond acceptors (Lipinski definition) is 4. The van der Waals surface area contributed by atoms with Gasteiger partial charge < -0.3 is 20.3 Å². The molecule has 1 amide bonds. The van der Waals surface area contributed by atoms with E-state index in [2.05, 4.69) is 33.7 Å². The molecule has 1 aliphatic rings. The number of piperidine rings is 1. The van der Waals surface area contributed by atoms with Gasteiger partial charge in [-0.1, -0.05) is 0 Å². The minimum absolute atomic E-state index is 0. The van der Waals surface area contributed by atoms with Gasteiger partial charge in [0.2, 0.25) is 0 Å². The zero-order chi connectivity index (χ0) is 21.4. The number of aryl methyl sites for hydroxylation is 3. The monoisotopic (exact) mass is 534 g/mol. The largest absolute Gasteiger partial charge is 0.444 e. The average molecular weight is 534 g/mol. The number of rotatable bonds is 6. The zero-order valence-electron chi connectivity index (χ0n) is 19.3. The number of aliphatic imine (C=N–C) groups is 1. The fourth-order valence-electron chi connectivity index (χ4n) is 3.44. The molecule has 1 aromatic heterocycles. The number of ether oxygens (including phenoxy) is 1. The molecule has 2 N–H and O–H groups in total. The van der Waals surface area contributed by atoms with E-state index in [1.807, 2.05) is 37.3 Å². The van der Waals surface area contributed by atoms with Crippen LogP contribution < -0.4 is 10.6 Å². The fourth-order valence-corrected chi connectivity index (χ4v) is 3.44. The first-order valence-electron chi connectivity index (χ1n) is 10.6. The molecule has 1 saturated heterocycles. The molecular formula is C21H39IN6O2. The Bertz CT molecular complexity index is 690. The number of carbonyl (C=O) groups excluding carboxylic acids is 1. The number of nitrogens with zero attached hydrogens (tertiary/aromatic N) is 4. The SMILES string of the molecule is CN=C(NCCCn1nc(C)cc1C)NCC1CCN(C(=O)OC(C)(C)C)CC1.I. The molecule has 172 valence electrons. The fraction of sp³-hybridized carbons (Fsp3) is 0.762. The predicted octanol–water partition coefficient (Wildman–Crippen LogP) is 3.32. The highest BCUT2D eigenvalue weighted by atomic mass is 127. The molecule has 2 rings (SSSR count). The van der Waals surface area contributed by atoms with Gasteiger partial charge in [-0.15, -0.1) is 24.0 Å². The van der Waals surface area contributed by atoms with Gasteiger partial charge in [0.05, 0.1) is 5.69 Å². The second-order valence-corrected chi connectivity index (χ2v) is 8.79. The summed E-state index contributed by atoms with van der Waals surface area (Å²) >= 11 is 0. The smallest absolute Gasteiger partial charge is 0.410 e. The standard InChI is InChI=1S/C21H38N6O2.HI/c1-16-14-17(2)27(25-16)11-7-10-23-19(22-6)24-15-18-8-12-26(13-9-18)20(28)29-21(3,4)5;/h14,18H,7-13,15H2,1-6H3,(H2,22,23,24);1H. The van der Waals surface area contributed by atoms with Crippen LogP contribution in [0.15, 0.2) is 11.1 Å². The lowest BCUT2D eigenvalue weighted by Crippen LogP contribution is -2.45. The molecule has 9 heteroatoms. The van der Waals surface area contributed by atoms with Crippen LogP contribution in [-0.4, -0.2) is 65.6 Å². The number of guanidine groups is 1. The van der Waals surface area contributed by atoms with E-state index in [4.69, 9.17) is 4.74 Å². The summed E-state index contributed by atoms with van der Waals surface area (Å²) < 4.78 is 7.51. The van der Waals surface area contributed by atoms with Crippen LogP contribution in [-0.2, 0) is 11.3 Å². The van der Waals surface area contributed by atoms with Gasteiger partial charge in [-0.3, -0.25) is 9.67 Å². The maximum atomic E-state index is 12.2. The molecule has 0 spiro atoms. The van der Waals surface area contributed by atoms with Crippen LogP contribution in [0.2, 0.25) is 0 Å². The molecule has 1 aliphatic heterocycles. The average Bonchev–Trinajstić information content (AvgIpc) is 2.97. The Morgan fingerprint density at radius 2 is 1.93 bits per heavy atom. The van der Waals surface area contributed by atoms with E-state index in [9.17, 15) is 4.79 Å². The first kappa shape index (κ1) is 26.5. The summed E-state index contributed by atoms with van der Waals surface area (Å²) in [6.45, 7) is 13.9. The second kappa shape index (κ2) is 12.4. The van der Waals surface area contributed by atoms with Crippen molar-refractivity contribution in [2.75, 3.05) is 33.2 Å². The lowest BCUT2D eigenvalue weighted by Gasteiger charge is -2.33. The Labute approximate surface area is 198 Å². The summed E-state index contributed by atoms with van der Waals surface area (Å²) in [4.78, 5) is 18.3. The molecule has 0 aliphatic carbocycles. The van der Waals surface area contributed by atoms with Crippen molar-refractivity contribution < 1.29 is 9.53 Å². The first-order chi connectivity index (χ1) is 13.7. The Morgan fingerprint density at radius 3 is 2.47 bits per heavy atom. The summed E-state index contributed by atoms with van der Waals surface area (Å²) in [5.74, 6) is 1.36. The molecule has 1 aromatic rings. The van der Waals surface area contributed by atoms with Crippen molar-refractivity contribution in [2.24, 2.45) is 10.9 Å². The molecule has 8 nitrogen and oxygen atoms in total. The Morgan fingerprint density at radius 1 is 1.27 bits per heavy atom. The molecule has 0 bridgehead atoms. The first-order valence-corrected chi connectivity index (χ1v) is 10.6. The van der Waals surface area contributed by atoms with Crippen LogP contribution >= 0.6 is 24.0 Å². The van der Waals surface area contributed by atoms with Gasteiger partial charge in [-0.2, -0.15) is 5.10 Å². The van der Waals surface area contributed by atoms with Crippen molar-refractivity contribution in [3.63, 3.8) is 0 Å². The summed E-state index contributed by atoms with van der Waals surface area (Å²) in [6, 6.07) is 2.10. The van der Waals surface area contributed by atoms with Crippen LogP contribution in [0.1, 0.15) is 51.4 Å². The number of carbonyl (C=O) groups is 1. The molecule has 0 atom stereocenters. The number of halogens is 1. The molecular weight excluding hydrogens is 495 g/mol. The number of aromatic nitrogens is 2. The van der Waals surface area contributed by atoms with E-state index >= 15 is 0 Å². The molecule has 0 aromatic carbocycles. The quantitative estimate of drug-likeness (QED) is 0.253. The van der Waals surface area contributed by atoms with Gasteiger partial charge in [0.25, 0.3) is 0 Å². The normalized spacial score (nSPS) is 15.5. The number of hydrogen-bond donors (Lipinski definition) is 2. The van der Waals surface area contributed by atoms with E-state index in [1.54, 1.807) is 7.05 Å². The third-order valence-corrected chi connectivity index (χ3v) is 4.99. The highest BCUT2D eigenvalue weighted by Gasteiger charge is 2.26. The summed E-state index contributed by atoms with van der Waals surface area (Å²) in [6.07, 6.45) is 2.73. The van der Waals surface area contributed by atoms with Gasteiger partial charge >= 0.3 is 6.09 Å². The van der Waals surface area contributed by atoms with Crippen molar-refractivity contribution in [1.29, 1.82) is 0 Å². The third-order valence-electron chi connectivity index (χ3n) is 4.99. The Kier molecular flexibility index (Phi) is 10.9. The van der Waals surface area contributed by atoms with E-state index in [0.29, 0.717) is 5.92 Å². The van der Waals surface area contributed by atoms with Crippen molar-refractivity contribution in [3.05, 3.63) is 17.5 Å². The molecule has 1 fully saturated rings. The van der Waals surface area contributed by atoms with E-state index in [1.165, 1.54) is 5.69 Å². The Balaban J connectivity index is 0.00000450. The van der Waals surface area contributed by atoms with Crippen molar-refractivity contribution in [1.82, 2.24) is 25.3 Å². The molecule has 30 heavy (non-hydrogen) atoms. The van der Waals surface area contributed by atoms with Crippen LogP contribution in [0.5, 0.6) is 0 Å². The van der Waals surface area contributed by atoms with E-state index in [-0.39, 0.29) is 30.1 Å². The van der Waals surface area contributed by atoms with Crippen LogP contribution in [0.25, 0.3) is 0 Å². The third kappa shape index (κ3) is 9.09. The maximum absolute atomic E-state index is 12.2. The predicted molar refractivity (Wildman–Crippen MR) is 132 cm³/mol. The van der Waals surface area contributed by atoms with Crippen molar-refractivity contribution in [3.8, 4) is 0 Å². The molecule has 0 radical (unpaired) electrons. The Hall–Kier alpha value is -1.52. The van der Waals surface area contributed by atoms with Gasteiger partial charge in [-0.25, -0.2) is 4.79 Å². The lowest BCUT2D eigenvalue weighted by molar-refractivity contribution is 0.0185. The molecule has 2 heterocycles. The summed E-state index contributed by atoms with van der Waals surface area (Å²) in [5, 5.41) is 11.3.